The third kappa shape index (κ3) is 40.5. The zero-order valence-corrected chi connectivity index (χ0v) is 82.2. The number of nitrogens with one attached hydrogen (secondary N) is 2. The predicted molar refractivity (Wildman–Crippen MR) is 517 cm³/mol. The molecule has 2 aromatic heterocycles. The van der Waals surface area contributed by atoms with Crippen molar-refractivity contribution in [1.29, 1.82) is 5.26 Å². The van der Waals surface area contributed by atoms with Crippen LogP contribution in [0.15, 0.2) is 149 Å². The number of hydrogen-bond acceptors (Lipinski definition) is 21. The van der Waals surface area contributed by atoms with Crippen LogP contribution in [0.3, 0.4) is 0 Å². The molecular weight excluding hydrogens is 1950 g/mol. The summed E-state index contributed by atoms with van der Waals surface area (Å²) in [6.07, 6.45) is 4.55. The molecular formula is C86H123Br6Cl2N15O10. The van der Waals surface area contributed by atoms with Gasteiger partial charge in [0.2, 0.25) is 5.95 Å². The fourth-order valence-electron chi connectivity index (χ4n) is 10.5. The van der Waals surface area contributed by atoms with Crippen molar-refractivity contribution < 1.29 is 40.2 Å². The molecule has 0 aliphatic rings. The summed E-state index contributed by atoms with van der Waals surface area (Å²) in [5.41, 5.74) is 47.5. The molecule has 0 unspecified atom stereocenters. The van der Waals surface area contributed by atoms with E-state index in [4.69, 9.17) is 93.2 Å². The first-order chi connectivity index (χ1) is 54.2. The number of anilines is 7. The van der Waals surface area contributed by atoms with Crippen molar-refractivity contribution >= 4 is 188 Å². The van der Waals surface area contributed by atoms with Crippen LogP contribution in [0.1, 0.15) is 197 Å². The van der Waals surface area contributed by atoms with Crippen LogP contribution >= 0.6 is 119 Å². The van der Waals surface area contributed by atoms with Crippen molar-refractivity contribution in [3.63, 3.8) is 0 Å². The van der Waals surface area contributed by atoms with E-state index in [2.05, 4.69) is 243 Å². The smallest absolute Gasteiger partial charge is 0.296 e. The normalized spacial score (nSPS) is 11.0. The maximum atomic E-state index is 11.3. The van der Waals surface area contributed by atoms with Gasteiger partial charge < -0.3 is 75.1 Å². The number of rotatable bonds is 11. The number of nitro groups is 2. The minimum atomic E-state index is -0.435. The monoisotopic (exact) mass is 2070 g/mol. The lowest BCUT2D eigenvalue weighted by Crippen LogP contribution is -2.16. The molecule has 0 aliphatic heterocycles. The molecule has 658 valence electrons. The topological polar surface area (TPSA) is 452 Å². The predicted octanol–water partition coefficient (Wildman–Crippen LogP) is 22.3. The maximum Gasteiger partial charge on any atom is 0.296 e. The summed E-state index contributed by atoms with van der Waals surface area (Å²) in [6, 6.07) is 34.5. The summed E-state index contributed by atoms with van der Waals surface area (Å²) in [6.45, 7) is 45.5. The van der Waals surface area contributed by atoms with Crippen molar-refractivity contribution in [2.75, 3.05) is 85.4 Å². The Labute approximate surface area is 764 Å². The largest absolute Gasteiger partial charge is 0.483 e. The second kappa shape index (κ2) is 52.2. The van der Waals surface area contributed by atoms with Crippen molar-refractivity contribution in [1.82, 2.24) is 19.5 Å². The van der Waals surface area contributed by atoms with Crippen LogP contribution in [0.4, 0.5) is 51.4 Å². The Morgan fingerprint density at radius 3 is 1.23 bits per heavy atom. The van der Waals surface area contributed by atoms with E-state index in [1.807, 2.05) is 113 Å². The van der Waals surface area contributed by atoms with E-state index in [0.717, 1.165) is 71.7 Å². The van der Waals surface area contributed by atoms with Crippen LogP contribution in [-0.4, -0.2) is 107 Å². The lowest BCUT2D eigenvalue weighted by molar-refractivity contribution is -0.385. The third-order valence-electron chi connectivity index (χ3n) is 16.2. The molecule has 119 heavy (non-hydrogen) atoms. The van der Waals surface area contributed by atoms with Gasteiger partial charge in [-0.25, -0.2) is 15.0 Å². The molecule has 9 rings (SSSR count). The maximum absolute atomic E-state index is 11.3. The number of imidazole rings is 1. The molecule has 7 aromatic carbocycles. The van der Waals surface area contributed by atoms with Crippen LogP contribution in [0.25, 0.3) is 11.0 Å². The SMILES string of the molecule is C.CC(C)(C)c1cc(Br)cc(Cl)c1N.CC(C)(C)c1cc(Br)cc(Cl)c1[N+](=O)[O-].CC(C)(C)c1cc(Br)cc(NCCO)c1N.CC(C)(C)c1cc(Br)cc(NCCO)c1[N+](=O)[O-].CC(C)(C)c1cc(Br)cc2c1ncn2CCO.CC(C)(C)c1cc(Br)ccc1N.CC(C)(C)c1ccccc1N.N#Cc1cnc(N)nc1.NCCO.O=CO. The molecule has 0 amide bonds. The number of carboxylic acid groups (broad SMARTS) is 1. The zero-order chi connectivity index (χ0) is 91.6. The summed E-state index contributed by atoms with van der Waals surface area (Å²) in [5, 5.41) is 78.5. The quantitative estimate of drug-likeness (QED) is 0.0247. The van der Waals surface area contributed by atoms with Gasteiger partial charge in [-0.15, -0.1) is 0 Å². The van der Waals surface area contributed by atoms with Gasteiger partial charge in [0, 0.05) is 75.5 Å². The van der Waals surface area contributed by atoms with Gasteiger partial charge in [0.05, 0.1) is 93.7 Å². The van der Waals surface area contributed by atoms with Gasteiger partial charge >= 0.3 is 0 Å². The minimum Gasteiger partial charge on any atom is -0.483 e. The van der Waals surface area contributed by atoms with Crippen molar-refractivity contribution in [2.45, 2.75) is 197 Å². The fraction of sp³-hybridized carbons (Fsp3) is 0.430. The Kier molecular flexibility index (Phi) is 49.9. The number of benzene rings is 7. The van der Waals surface area contributed by atoms with Gasteiger partial charge in [0.1, 0.15) is 16.8 Å². The number of aliphatic hydroxyl groups is 4. The summed E-state index contributed by atoms with van der Waals surface area (Å²) in [4.78, 5) is 41.4. The van der Waals surface area contributed by atoms with Gasteiger partial charge in [0.25, 0.3) is 17.8 Å². The Balaban J connectivity index is 0. The van der Waals surface area contributed by atoms with Crippen molar-refractivity contribution in [2.24, 2.45) is 5.73 Å². The van der Waals surface area contributed by atoms with E-state index in [-0.39, 0.29) is 112 Å². The van der Waals surface area contributed by atoms with Crippen LogP contribution in [0, 0.1) is 31.6 Å². The van der Waals surface area contributed by atoms with Crippen LogP contribution < -0.4 is 45.0 Å². The number of nitrogen functional groups attached to an aromatic ring is 5. The number of nitriles is 1. The average Bonchev–Trinajstić information content (AvgIpc) is 1.73. The molecule has 33 heteroatoms. The van der Waals surface area contributed by atoms with Crippen LogP contribution in [-0.2, 0) is 49.2 Å². The van der Waals surface area contributed by atoms with Crippen LogP contribution in [0.2, 0.25) is 10.0 Å². The summed E-state index contributed by atoms with van der Waals surface area (Å²) in [7, 11) is 0. The first-order valence-corrected chi connectivity index (χ1v) is 42.4. The first kappa shape index (κ1) is 114. The molecule has 0 saturated carbocycles. The average molecular weight is 2080 g/mol. The highest BCUT2D eigenvalue weighted by Gasteiger charge is 2.31. The number of aromatic nitrogens is 4. The summed E-state index contributed by atoms with van der Waals surface area (Å²) >= 11 is 32.3. The Bertz CT molecular complexity index is 4720. The van der Waals surface area contributed by atoms with Gasteiger partial charge in [-0.1, -0.05) is 290 Å². The Morgan fingerprint density at radius 1 is 0.479 bits per heavy atom. The highest BCUT2D eigenvalue weighted by Crippen LogP contribution is 2.43. The molecule has 0 fully saturated rings. The Hall–Kier alpha value is -7.29. The van der Waals surface area contributed by atoms with Gasteiger partial charge in [-0.05, 0) is 151 Å². The number of nitrogens with zero attached hydrogens (tertiary/aromatic N) is 7. The standard InChI is InChI=1S/C13H17BrN2O.C12H17BrN2O3.C12H19BrN2O.C10H11BrClNO2.C10H13BrClN.C10H14BrN.C10H15N.C5H4N4.C2H7NO.CH2O2.CH4/c1-13(2,3)10-6-9(14)7-11-12(10)15-8-16(11)4-5-17;1-12(2,3)9-6-8(13)7-10(14-4-5-16)11(9)15(17)18;1-12(2,3)9-6-8(13)7-10(11(9)14)15-4-5-16;1-10(2,3)7-4-6(11)5-8(12)9(7)13(14)15;1-10(2,3)7-4-6(11)5-8(12)9(7)13;1-10(2,3)8-6-7(11)4-5-9(8)12;1-10(2,3)8-6-4-5-7-9(8)11;6-1-4-2-8-5(7)9-3-4;3-1-2-4;2-1-3;/h6-8,17H,4-5H2,1-3H3;6-7,14,16H,4-5H2,1-3H3;6-7,15-16H,4-5,14H2,1-3H3;4-5H,1-3H3;4-5H,13H2,1-3H3;4-6H,12H2,1-3H3;4-7H,11H2,1-3H3;2-3H,(H2,7,8,9);4H,1-3H2;1H,(H,2,3);1H4. The van der Waals surface area contributed by atoms with Crippen molar-refractivity contribution in [3.8, 4) is 6.07 Å². The zero-order valence-electron chi connectivity index (χ0n) is 71.2. The number of nitro benzene ring substituents is 2. The fourth-order valence-corrected chi connectivity index (χ4v) is 13.9. The van der Waals surface area contributed by atoms with Crippen LogP contribution in [0.5, 0.6) is 0 Å². The van der Waals surface area contributed by atoms with Gasteiger partial charge in [0.15, 0.2) is 0 Å². The lowest BCUT2D eigenvalue weighted by atomic mass is 9.85. The highest BCUT2D eigenvalue weighted by molar-refractivity contribution is 9.11. The molecule has 19 N–H and O–H groups in total. The van der Waals surface area contributed by atoms with E-state index in [9.17, 15) is 20.2 Å². The molecule has 0 aliphatic carbocycles. The Morgan fingerprint density at radius 2 is 0.840 bits per heavy atom. The van der Waals surface area contributed by atoms with Gasteiger partial charge in [-0.2, -0.15) is 5.26 Å². The number of hydrogen-bond donors (Lipinski definition) is 13. The van der Waals surface area contributed by atoms with E-state index in [1.165, 1.54) is 35.2 Å². The molecule has 0 spiro atoms. The van der Waals surface area contributed by atoms with E-state index >= 15 is 0 Å². The number of aliphatic hydroxyl groups excluding tert-OH is 4. The van der Waals surface area contributed by atoms with E-state index in [1.54, 1.807) is 24.5 Å². The molecule has 2 heterocycles. The highest BCUT2D eigenvalue weighted by atomic mass is 79.9. The molecule has 0 saturated heterocycles. The number of carbonyl (C=O) groups is 1. The van der Waals surface area contributed by atoms with E-state index in [0.29, 0.717) is 52.7 Å². The number of halogens is 8. The summed E-state index contributed by atoms with van der Waals surface area (Å²) in [5.74, 6) is 0.189. The van der Waals surface area contributed by atoms with Crippen molar-refractivity contribution in [3.05, 3.63) is 223 Å². The molecule has 25 nitrogen and oxygen atoms in total. The van der Waals surface area contributed by atoms with E-state index < -0.39 is 4.92 Å². The van der Waals surface area contributed by atoms with Gasteiger partial charge in [-0.3, -0.25) is 25.0 Å². The number of nitrogens with two attached hydrogens (primary N) is 6. The minimum absolute atomic E-state index is 0. The first-order valence-electron chi connectivity index (χ1n) is 36.9. The lowest BCUT2D eigenvalue weighted by Gasteiger charge is -2.23. The second-order valence-electron chi connectivity index (χ2n) is 33.3. The number of fused-ring (bicyclic) bond motifs is 1. The molecule has 9 aromatic rings. The molecule has 0 bridgehead atoms. The molecule has 0 radical (unpaired) electrons. The molecule has 0 atom stereocenters. The summed E-state index contributed by atoms with van der Waals surface area (Å²) < 4.78 is 7.61. The third-order valence-corrected chi connectivity index (χ3v) is 19.5. The second-order valence-corrected chi connectivity index (χ2v) is 39.6. The number of para-hydroxylation sites is 1.